The fourth-order valence-electron chi connectivity index (χ4n) is 0.773. The monoisotopic (exact) mass is 246 g/mol. The van der Waals surface area contributed by atoms with Crippen molar-refractivity contribution < 1.29 is 22.1 Å². The normalized spacial score (nSPS) is 14.6. The molecule has 1 aromatic heterocycles. The van der Waals surface area contributed by atoms with Gasteiger partial charge < -0.3 is 4.52 Å². The lowest BCUT2D eigenvalue weighted by Gasteiger charge is -2.08. The van der Waals surface area contributed by atoms with E-state index >= 15 is 0 Å². The van der Waals surface area contributed by atoms with E-state index in [0.29, 0.717) is 6.42 Å². The van der Waals surface area contributed by atoms with Crippen molar-refractivity contribution >= 4 is 11.6 Å². The predicted octanol–water partition coefficient (Wildman–Crippen LogP) is 3.12. The van der Waals surface area contributed by atoms with Gasteiger partial charge in [0.1, 0.15) is 0 Å². The molecule has 0 aliphatic rings. The highest BCUT2D eigenvalue weighted by Crippen LogP contribution is 2.34. The summed E-state index contributed by atoms with van der Waals surface area (Å²) in [7, 11) is 0. The quantitative estimate of drug-likeness (QED) is 0.605. The third-order valence-electron chi connectivity index (χ3n) is 1.64. The molecule has 0 aliphatic carbocycles. The summed E-state index contributed by atoms with van der Waals surface area (Å²) in [4.78, 5) is 3.13. The van der Waals surface area contributed by atoms with Gasteiger partial charge >= 0.3 is 18.2 Å². The standard InChI is InChI=1S/C7H7ClF4N2O/c1-2-3(8)4-13-6(15-14-4)7(11,12)5(9)10/h3,5H,2H2,1H3. The zero-order valence-electron chi connectivity index (χ0n) is 7.55. The first kappa shape index (κ1) is 12.2. The molecule has 0 saturated heterocycles. The van der Waals surface area contributed by atoms with Crippen molar-refractivity contribution in [3.05, 3.63) is 11.7 Å². The Kier molecular flexibility index (Phi) is 3.54. The van der Waals surface area contributed by atoms with E-state index < -0.39 is 23.6 Å². The van der Waals surface area contributed by atoms with Crippen molar-refractivity contribution in [1.29, 1.82) is 0 Å². The summed E-state index contributed by atoms with van der Waals surface area (Å²) in [6.45, 7) is 1.67. The van der Waals surface area contributed by atoms with Crippen LogP contribution < -0.4 is 0 Å². The van der Waals surface area contributed by atoms with Crippen LogP contribution in [0, 0.1) is 0 Å². The second-order valence-corrected chi connectivity index (χ2v) is 3.28. The first-order chi connectivity index (χ1) is 6.89. The van der Waals surface area contributed by atoms with Crippen molar-refractivity contribution in [2.24, 2.45) is 0 Å². The lowest BCUT2D eigenvalue weighted by Crippen LogP contribution is -2.24. The molecule has 8 heteroatoms. The molecular weight excluding hydrogens is 240 g/mol. The number of halogens is 5. The molecule has 0 amide bonds. The maximum atomic E-state index is 12.7. The molecule has 0 aromatic carbocycles. The fraction of sp³-hybridized carbons (Fsp3) is 0.714. The van der Waals surface area contributed by atoms with Crippen LogP contribution in [0.15, 0.2) is 4.52 Å². The Morgan fingerprint density at radius 1 is 1.47 bits per heavy atom. The second kappa shape index (κ2) is 4.34. The van der Waals surface area contributed by atoms with E-state index in [0.717, 1.165) is 0 Å². The Bertz CT molecular complexity index is 331. The van der Waals surface area contributed by atoms with Crippen LogP contribution in [-0.2, 0) is 5.92 Å². The Labute approximate surface area is 87.4 Å². The molecule has 0 saturated carbocycles. The van der Waals surface area contributed by atoms with Gasteiger partial charge in [0.25, 0.3) is 0 Å². The van der Waals surface area contributed by atoms with Gasteiger partial charge in [0.2, 0.25) is 0 Å². The maximum Gasteiger partial charge on any atom is 0.383 e. The van der Waals surface area contributed by atoms with Crippen molar-refractivity contribution in [2.75, 3.05) is 0 Å². The van der Waals surface area contributed by atoms with E-state index in [1.165, 1.54) is 0 Å². The number of rotatable bonds is 4. The molecule has 1 atom stereocenters. The molecule has 0 fully saturated rings. The molecule has 1 rings (SSSR count). The molecule has 1 unspecified atom stereocenters. The van der Waals surface area contributed by atoms with E-state index in [2.05, 4.69) is 14.7 Å². The third kappa shape index (κ3) is 2.39. The third-order valence-corrected chi connectivity index (χ3v) is 2.14. The summed E-state index contributed by atoms with van der Waals surface area (Å²) < 4.78 is 53.1. The summed E-state index contributed by atoms with van der Waals surface area (Å²) >= 11 is 5.62. The molecule has 15 heavy (non-hydrogen) atoms. The van der Waals surface area contributed by atoms with Crippen LogP contribution >= 0.6 is 11.6 Å². The molecular formula is C7H7ClF4N2O. The molecule has 1 heterocycles. The molecule has 0 bridgehead atoms. The van der Waals surface area contributed by atoms with Gasteiger partial charge in [0, 0.05) is 0 Å². The molecule has 0 spiro atoms. The average molecular weight is 247 g/mol. The highest BCUT2D eigenvalue weighted by atomic mass is 35.5. The van der Waals surface area contributed by atoms with Crippen LogP contribution in [0.4, 0.5) is 17.6 Å². The van der Waals surface area contributed by atoms with Gasteiger partial charge in [0.15, 0.2) is 5.82 Å². The Balaban J connectivity index is 2.93. The van der Waals surface area contributed by atoms with Gasteiger partial charge in [-0.3, -0.25) is 0 Å². The average Bonchev–Trinajstić information content (AvgIpc) is 2.65. The Morgan fingerprint density at radius 2 is 2.07 bits per heavy atom. The number of nitrogens with zero attached hydrogens (tertiary/aromatic N) is 2. The van der Waals surface area contributed by atoms with E-state index in [9.17, 15) is 17.6 Å². The lowest BCUT2D eigenvalue weighted by molar-refractivity contribution is -0.152. The van der Waals surface area contributed by atoms with E-state index in [1.54, 1.807) is 6.92 Å². The molecule has 0 radical (unpaired) electrons. The predicted molar refractivity (Wildman–Crippen MR) is 43.1 cm³/mol. The topological polar surface area (TPSA) is 38.9 Å². The van der Waals surface area contributed by atoms with Gasteiger partial charge in [-0.25, -0.2) is 8.78 Å². The van der Waals surface area contributed by atoms with Crippen molar-refractivity contribution in [2.45, 2.75) is 31.1 Å². The van der Waals surface area contributed by atoms with Crippen LogP contribution in [0.3, 0.4) is 0 Å². The van der Waals surface area contributed by atoms with Gasteiger partial charge in [-0.05, 0) is 6.42 Å². The van der Waals surface area contributed by atoms with Crippen LogP contribution in [0.25, 0.3) is 0 Å². The summed E-state index contributed by atoms with van der Waals surface area (Å²) in [5, 5.41) is 2.38. The van der Waals surface area contributed by atoms with Gasteiger partial charge in [-0.1, -0.05) is 12.1 Å². The molecule has 3 nitrogen and oxygen atoms in total. The molecule has 0 N–H and O–H groups in total. The first-order valence-corrected chi connectivity index (χ1v) is 4.47. The van der Waals surface area contributed by atoms with Crippen molar-refractivity contribution in [1.82, 2.24) is 10.1 Å². The van der Waals surface area contributed by atoms with E-state index in [4.69, 9.17) is 11.6 Å². The zero-order chi connectivity index (χ0) is 11.6. The minimum atomic E-state index is -4.43. The zero-order valence-corrected chi connectivity index (χ0v) is 8.31. The lowest BCUT2D eigenvalue weighted by atomic mass is 10.3. The minimum absolute atomic E-state index is 0.213. The van der Waals surface area contributed by atoms with Crippen LogP contribution in [0.5, 0.6) is 0 Å². The summed E-state index contributed by atoms with van der Waals surface area (Å²) in [5.74, 6) is -6.06. The number of aromatic nitrogens is 2. The minimum Gasteiger partial charge on any atom is -0.332 e. The van der Waals surface area contributed by atoms with E-state index in [-0.39, 0.29) is 5.82 Å². The number of hydrogen-bond acceptors (Lipinski definition) is 3. The van der Waals surface area contributed by atoms with Gasteiger partial charge in [-0.15, -0.1) is 11.6 Å². The van der Waals surface area contributed by atoms with Gasteiger partial charge in [0.05, 0.1) is 5.38 Å². The number of alkyl halides is 5. The van der Waals surface area contributed by atoms with Crippen LogP contribution in [0.2, 0.25) is 0 Å². The maximum absolute atomic E-state index is 12.7. The van der Waals surface area contributed by atoms with Crippen LogP contribution in [-0.4, -0.2) is 16.6 Å². The Morgan fingerprint density at radius 3 is 2.53 bits per heavy atom. The SMILES string of the molecule is CCC(Cl)c1noc(C(F)(F)C(F)F)n1. The summed E-state index contributed by atoms with van der Waals surface area (Å²) in [5.41, 5.74) is 0. The second-order valence-electron chi connectivity index (χ2n) is 2.76. The highest BCUT2D eigenvalue weighted by molar-refractivity contribution is 6.20. The van der Waals surface area contributed by atoms with Crippen LogP contribution in [0.1, 0.15) is 30.4 Å². The first-order valence-electron chi connectivity index (χ1n) is 4.03. The summed E-state index contributed by atoms with van der Waals surface area (Å²) in [6.07, 6.45) is -3.51. The van der Waals surface area contributed by atoms with E-state index in [1.807, 2.05) is 0 Å². The number of hydrogen-bond donors (Lipinski definition) is 0. The largest absolute Gasteiger partial charge is 0.383 e. The Hall–Kier alpha value is -0.850. The van der Waals surface area contributed by atoms with Gasteiger partial charge in [-0.2, -0.15) is 13.8 Å². The molecule has 0 aliphatic heterocycles. The van der Waals surface area contributed by atoms with Crippen molar-refractivity contribution in [3.63, 3.8) is 0 Å². The highest BCUT2D eigenvalue weighted by Gasteiger charge is 2.48. The molecule has 1 aromatic rings. The smallest absolute Gasteiger partial charge is 0.332 e. The fourth-order valence-corrected chi connectivity index (χ4v) is 0.862. The van der Waals surface area contributed by atoms with Crippen molar-refractivity contribution in [3.8, 4) is 0 Å². The molecule has 86 valence electrons. The summed E-state index contributed by atoms with van der Waals surface area (Å²) in [6, 6.07) is 0.